The fourth-order valence-corrected chi connectivity index (χ4v) is 6.67. The minimum Gasteiger partial charge on any atom is -0.379 e. The van der Waals surface area contributed by atoms with Crippen LogP contribution >= 0.6 is 0 Å². The lowest BCUT2D eigenvalue weighted by Gasteiger charge is -2.41. The number of hydrogen-bond donors (Lipinski definition) is 2. The van der Waals surface area contributed by atoms with E-state index in [1.807, 2.05) is 76.8 Å². The summed E-state index contributed by atoms with van der Waals surface area (Å²) in [6, 6.07) is 8.66. The number of rotatable bonds is 19. The van der Waals surface area contributed by atoms with Crippen LogP contribution in [0.4, 0.5) is 0 Å². The van der Waals surface area contributed by atoms with E-state index >= 15 is 0 Å². The van der Waals surface area contributed by atoms with Gasteiger partial charge in [-0.1, -0.05) is 92.1 Å². The third-order valence-corrected chi connectivity index (χ3v) is 10.5. The van der Waals surface area contributed by atoms with E-state index in [4.69, 9.17) is 9.47 Å². The Kier molecular flexibility index (Phi) is 16.5. The molecule has 272 valence electrons. The Morgan fingerprint density at radius 3 is 2.21 bits per heavy atom. The average molecular weight is 673 g/mol. The zero-order chi connectivity index (χ0) is 36.2. The van der Waals surface area contributed by atoms with Gasteiger partial charge in [-0.05, 0) is 43.1 Å². The Bertz CT molecular complexity index is 1170. The number of carbonyl (C=O) groups excluding carboxylic acids is 4. The second-order valence-electron chi connectivity index (χ2n) is 14.5. The van der Waals surface area contributed by atoms with Gasteiger partial charge in [0.05, 0.1) is 36.6 Å². The first-order chi connectivity index (χ1) is 22.6. The number of amides is 4. The molecule has 1 aliphatic rings. The fraction of sp³-hybridized carbons (Fsp3) is 0.737. The predicted octanol–water partition coefficient (Wildman–Crippen LogP) is 4.84. The molecule has 1 aromatic carbocycles. The van der Waals surface area contributed by atoms with Gasteiger partial charge in [-0.2, -0.15) is 0 Å². The van der Waals surface area contributed by atoms with Crippen molar-refractivity contribution in [1.82, 2.24) is 20.4 Å². The van der Waals surface area contributed by atoms with Crippen molar-refractivity contribution in [1.29, 1.82) is 0 Å². The number of hydrogen-bond acceptors (Lipinski definition) is 6. The normalized spacial score (nSPS) is 18.8. The van der Waals surface area contributed by atoms with Crippen LogP contribution in [0.3, 0.4) is 0 Å². The zero-order valence-corrected chi connectivity index (χ0v) is 31.5. The van der Waals surface area contributed by atoms with Crippen molar-refractivity contribution >= 4 is 23.6 Å². The quantitative estimate of drug-likeness (QED) is 0.217. The van der Waals surface area contributed by atoms with E-state index in [1.54, 1.807) is 26.2 Å². The first-order valence-electron chi connectivity index (χ1n) is 17.9. The molecule has 0 saturated carbocycles. The van der Waals surface area contributed by atoms with E-state index in [0.717, 1.165) is 31.2 Å². The summed E-state index contributed by atoms with van der Waals surface area (Å²) < 4.78 is 11.9. The summed E-state index contributed by atoms with van der Waals surface area (Å²) >= 11 is 0. The van der Waals surface area contributed by atoms with Gasteiger partial charge in [0.1, 0.15) is 6.04 Å². The topological polar surface area (TPSA) is 117 Å². The molecule has 0 aliphatic carbocycles. The van der Waals surface area contributed by atoms with Crippen molar-refractivity contribution in [3.8, 4) is 0 Å². The molecule has 2 rings (SSSR count). The minimum absolute atomic E-state index is 0.0213. The lowest BCUT2D eigenvalue weighted by molar-refractivity contribution is -0.148. The number of ether oxygens (including phenoxy) is 2. The second-order valence-corrected chi connectivity index (χ2v) is 14.5. The molecule has 7 atom stereocenters. The lowest BCUT2D eigenvalue weighted by Crippen LogP contribution is -2.58. The van der Waals surface area contributed by atoms with Crippen molar-refractivity contribution in [2.24, 2.45) is 23.2 Å². The Labute approximate surface area is 290 Å². The summed E-state index contributed by atoms with van der Waals surface area (Å²) in [5, 5.41) is 6.06. The van der Waals surface area contributed by atoms with Gasteiger partial charge in [-0.15, -0.1) is 0 Å². The van der Waals surface area contributed by atoms with E-state index in [1.165, 1.54) is 0 Å². The van der Waals surface area contributed by atoms with Crippen LogP contribution in [0.5, 0.6) is 0 Å². The van der Waals surface area contributed by atoms with Gasteiger partial charge >= 0.3 is 0 Å². The van der Waals surface area contributed by atoms with E-state index in [0.29, 0.717) is 19.5 Å². The molecule has 0 bridgehead atoms. The van der Waals surface area contributed by atoms with Crippen LogP contribution in [0, 0.1) is 23.2 Å². The van der Waals surface area contributed by atoms with Crippen LogP contribution in [-0.4, -0.2) is 98.1 Å². The van der Waals surface area contributed by atoms with Gasteiger partial charge in [0, 0.05) is 39.8 Å². The van der Waals surface area contributed by atoms with Gasteiger partial charge in [0.25, 0.3) is 0 Å². The first kappa shape index (κ1) is 41.2. The maximum atomic E-state index is 14.0. The van der Waals surface area contributed by atoms with Gasteiger partial charge in [0.2, 0.25) is 23.6 Å². The largest absolute Gasteiger partial charge is 0.379 e. The molecule has 1 aliphatic heterocycles. The van der Waals surface area contributed by atoms with Crippen molar-refractivity contribution in [3.63, 3.8) is 0 Å². The number of methoxy groups -OCH3 is 2. The lowest BCUT2D eigenvalue weighted by atomic mass is 9.87. The SMILES string of the molecule is CC[C@H](C)[C@@H]([C@@H](CC(=O)N1CCC[C@H]1[C@H](OC)[C@@H](C)C(=O)NCCc1ccccc1)OC)N(C)C(=O)[C@@H](NC(=O)C(C)(C)CC)C(C)C. The highest BCUT2D eigenvalue weighted by Crippen LogP contribution is 2.30. The summed E-state index contributed by atoms with van der Waals surface area (Å²) in [6.07, 6.45) is 2.75. The standard InChI is InChI=1S/C38H64N4O6/c1-12-26(5)33(41(9)36(45)32(25(3)4)40-37(46)38(7,8)13-2)30(47-10)24-31(43)42-23-17-20-29(42)34(48-11)27(6)35(44)39-22-21-28-18-15-14-16-19-28/h14-16,18-19,25-27,29-30,32-34H,12-13,17,20-24H2,1-11H3,(H,39,44)(H,40,46)/t26-,27+,29-,30+,32-,33-,34+/m0/s1. The highest BCUT2D eigenvalue weighted by molar-refractivity contribution is 5.90. The van der Waals surface area contributed by atoms with Gasteiger partial charge in [0.15, 0.2) is 0 Å². The van der Waals surface area contributed by atoms with Gasteiger partial charge in [-0.25, -0.2) is 0 Å². The van der Waals surface area contributed by atoms with E-state index in [-0.39, 0.29) is 47.9 Å². The molecule has 0 unspecified atom stereocenters. The molecule has 0 radical (unpaired) electrons. The van der Waals surface area contributed by atoms with Crippen molar-refractivity contribution in [2.45, 2.75) is 124 Å². The molecule has 1 heterocycles. The smallest absolute Gasteiger partial charge is 0.245 e. The molecule has 4 amide bonds. The second kappa shape index (κ2) is 19.3. The Hall–Kier alpha value is -2.98. The molecule has 1 aromatic rings. The molecule has 0 aromatic heterocycles. The number of nitrogens with one attached hydrogen (secondary N) is 2. The van der Waals surface area contributed by atoms with E-state index < -0.39 is 35.6 Å². The molecule has 2 N–H and O–H groups in total. The van der Waals surface area contributed by atoms with Crippen molar-refractivity contribution in [2.75, 3.05) is 34.4 Å². The molecule has 10 nitrogen and oxygen atoms in total. The third-order valence-electron chi connectivity index (χ3n) is 10.5. The van der Waals surface area contributed by atoms with Crippen LogP contribution < -0.4 is 10.6 Å². The van der Waals surface area contributed by atoms with Gasteiger partial charge < -0.3 is 29.9 Å². The van der Waals surface area contributed by atoms with Crippen molar-refractivity contribution < 1.29 is 28.7 Å². The number of benzene rings is 1. The summed E-state index contributed by atoms with van der Waals surface area (Å²) in [5.41, 5.74) is 0.554. The van der Waals surface area contributed by atoms with E-state index in [9.17, 15) is 19.2 Å². The van der Waals surface area contributed by atoms with Crippen LogP contribution in [0.2, 0.25) is 0 Å². The summed E-state index contributed by atoms with van der Waals surface area (Å²) in [4.78, 5) is 57.9. The maximum Gasteiger partial charge on any atom is 0.245 e. The Morgan fingerprint density at radius 1 is 1.02 bits per heavy atom. The van der Waals surface area contributed by atoms with Crippen LogP contribution in [-0.2, 0) is 35.1 Å². The molecule has 0 spiro atoms. The zero-order valence-electron chi connectivity index (χ0n) is 31.5. The monoisotopic (exact) mass is 672 g/mol. The molecular formula is C38H64N4O6. The Morgan fingerprint density at radius 2 is 1.67 bits per heavy atom. The number of nitrogens with zero attached hydrogens (tertiary/aromatic N) is 2. The van der Waals surface area contributed by atoms with Gasteiger partial charge in [-0.3, -0.25) is 19.2 Å². The highest BCUT2D eigenvalue weighted by Gasteiger charge is 2.43. The van der Waals surface area contributed by atoms with Crippen LogP contribution in [0.15, 0.2) is 30.3 Å². The van der Waals surface area contributed by atoms with Crippen LogP contribution in [0.1, 0.15) is 93.1 Å². The molecule has 10 heteroatoms. The molecule has 1 fully saturated rings. The summed E-state index contributed by atoms with van der Waals surface area (Å²) in [6.45, 7) is 16.6. The van der Waals surface area contributed by atoms with Crippen molar-refractivity contribution in [3.05, 3.63) is 35.9 Å². The predicted molar refractivity (Wildman–Crippen MR) is 190 cm³/mol. The maximum absolute atomic E-state index is 14.0. The third kappa shape index (κ3) is 10.8. The molecule has 48 heavy (non-hydrogen) atoms. The van der Waals surface area contributed by atoms with Crippen LogP contribution in [0.25, 0.3) is 0 Å². The number of carbonyl (C=O) groups is 4. The summed E-state index contributed by atoms with van der Waals surface area (Å²) in [5.74, 6) is -1.11. The highest BCUT2D eigenvalue weighted by atomic mass is 16.5. The Balaban J connectivity index is 2.20. The minimum atomic E-state index is -0.709. The number of likely N-dealkylation sites (tertiary alicyclic amines) is 1. The fourth-order valence-electron chi connectivity index (χ4n) is 6.67. The number of likely N-dealkylation sites (N-methyl/N-ethyl adjacent to an activating group) is 1. The molecule has 1 saturated heterocycles. The average Bonchev–Trinajstić information content (AvgIpc) is 3.56. The van der Waals surface area contributed by atoms with E-state index in [2.05, 4.69) is 24.5 Å². The summed E-state index contributed by atoms with van der Waals surface area (Å²) in [7, 11) is 4.93. The first-order valence-corrected chi connectivity index (χ1v) is 17.9. The molecular weight excluding hydrogens is 608 g/mol.